The Morgan fingerprint density at radius 3 is 2.56 bits per heavy atom. The molecule has 0 saturated carbocycles. The molecule has 0 aromatic heterocycles. The van der Waals surface area contributed by atoms with Crippen LogP contribution in [0.3, 0.4) is 0 Å². The molecule has 0 bridgehead atoms. The van der Waals surface area contributed by atoms with Crippen molar-refractivity contribution in [2.45, 2.75) is 13.5 Å². The molecule has 3 heteroatoms. The maximum absolute atomic E-state index is 11.6. The first-order valence-electron chi connectivity index (χ1n) is 5.06. The molecule has 1 rings (SSSR count). The molecule has 86 valence electrons. The fourth-order valence-electron chi connectivity index (χ4n) is 1.56. The van der Waals surface area contributed by atoms with Gasteiger partial charge < -0.3 is 9.47 Å². The Bertz CT molecular complexity index is 394. The molecule has 1 aromatic rings. The number of hydrogen-bond donors (Lipinski definition) is 0. The van der Waals surface area contributed by atoms with Gasteiger partial charge in [-0.15, -0.1) is 0 Å². The molecule has 0 N–H and O–H groups in total. The van der Waals surface area contributed by atoms with Crippen LogP contribution in [0.5, 0.6) is 0 Å². The van der Waals surface area contributed by atoms with Gasteiger partial charge in [0.25, 0.3) is 0 Å². The Hall–Kier alpha value is -1.61. The lowest BCUT2D eigenvalue weighted by Crippen LogP contribution is -2.06. The van der Waals surface area contributed by atoms with Gasteiger partial charge >= 0.3 is 5.97 Å². The number of carbonyl (C=O) groups excluding carboxylic acids is 1. The molecule has 0 amide bonds. The summed E-state index contributed by atoms with van der Waals surface area (Å²) in [6.07, 6.45) is 1.75. The summed E-state index contributed by atoms with van der Waals surface area (Å²) in [4.78, 5) is 11.6. The average Bonchev–Trinajstić information content (AvgIpc) is 2.32. The standard InChI is InChI=1S/C13H16O3/c1-4-11(13(14)16-3)12-8-6-5-7-10(12)9-15-2/h4-8H,9H2,1-3H3/b11-4-. The van der Waals surface area contributed by atoms with E-state index in [9.17, 15) is 4.79 Å². The van der Waals surface area contributed by atoms with Gasteiger partial charge in [0.05, 0.1) is 19.3 Å². The van der Waals surface area contributed by atoms with Crippen molar-refractivity contribution in [2.75, 3.05) is 14.2 Å². The molecule has 0 fully saturated rings. The number of ether oxygens (including phenoxy) is 2. The van der Waals surface area contributed by atoms with E-state index in [-0.39, 0.29) is 5.97 Å². The SMILES string of the molecule is C/C=C(\C(=O)OC)c1ccccc1COC. The second-order valence-electron chi connectivity index (χ2n) is 3.28. The molecule has 0 aliphatic carbocycles. The second kappa shape index (κ2) is 6.08. The minimum atomic E-state index is -0.328. The first-order valence-corrected chi connectivity index (χ1v) is 5.06. The van der Waals surface area contributed by atoms with Gasteiger partial charge in [0, 0.05) is 7.11 Å². The lowest BCUT2D eigenvalue weighted by atomic mass is 10.00. The molecule has 16 heavy (non-hydrogen) atoms. The van der Waals surface area contributed by atoms with Gasteiger partial charge in [-0.25, -0.2) is 4.79 Å². The van der Waals surface area contributed by atoms with Gasteiger partial charge in [-0.1, -0.05) is 30.3 Å². The molecular formula is C13H16O3. The van der Waals surface area contributed by atoms with Gasteiger partial charge in [-0.3, -0.25) is 0 Å². The first kappa shape index (κ1) is 12.5. The number of carbonyl (C=O) groups is 1. The smallest absolute Gasteiger partial charge is 0.338 e. The van der Waals surface area contributed by atoms with Crippen LogP contribution in [0, 0.1) is 0 Å². The third-order valence-corrected chi connectivity index (χ3v) is 2.30. The summed E-state index contributed by atoms with van der Waals surface area (Å²) in [6.45, 7) is 2.29. The summed E-state index contributed by atoms with van der Waals surface area (Å²) in [6, 6.07) is 7.63. The van der Waals surface area contributed by atoms with E-state index in [1.165, 1.54) is 7.11 Å². The highest BCUT2D eigenvalue weighted by molar-refractivity contribution is 6.16. The number of benzene rings is 1. The molecule has 0 heterocycles. The van der Waals surface area contributed by atoms with E-state index in [2.05, 4.69) is 0 Å². The first-order chi connectivity index (χ1) is 7.74. The van der Waals surface area contributed by atoms with Crippen molar-refractivity contribution in [3.8, 4) is 0 Å². The summed E-state index contributed by atoms with van der Waals surface area (Å²) in [5.74, 6) is -0.328. The lowest BCUT2D eigenvalue weighted by molar-refractivity contribution is -0.133. The van der Waals surface area contributed by atoms with Gasteiger partial charge in [0.15, 0.2) is 0 Å². The van der Waals surface area contributed by atoms with Crippen LogP contribution in [-0.2, 0) is 20.9 Å². The van der Waals surface area contributed by atoms with E-state index >= 15 is 0 Å². The van der Waals surface area contributed by atoms with Crippen LogP contribution in [0.25, 0.3) is 5.57 Å². The van der Waals surface area contributed by atoms with Crippen LogP contribution in [-0.4, -0.2) is 20.2 Å². The van der Waals surface area contributed by atoms with Gasteiger partial charge in [-0.05, 0) is 18.1 Å². The molecule has 3 nitrogen and oxygen atoms in total. The van der Waals surface area contributed by atoms with Crippen molar-refractivity contribution >= 4 is 11.5 Å². The van der Waals surface area contributed by atoms with E-state index in [0.29, 0.717) is 12.2 Å². The molecule has 0 radical (unpaired) electrons. The zero-order chi connectivity index (χ0) is 12.0. The van der Waals surface area contributed by atoms with E-state index < -0.39 is 0 Å². The minimum Gasteiger partial charge on any atom is -0.465 e. The Morgan fingerprint density at radius 2 is 2.00 bits per heavy atom. The largest absolute Gasteiger partial charge is 0.465 e. The summed E-state index contributed by atoms with van der Waals surface area (Å²) in [5, 5.41) is 0. The lowest BCUT2D eigenvalue weighted by Gasteiger charge is -2.10. The number of methoxy groups -OCH3 is 2. The zero-order valence-corrected chi connectivity index (χ0v) is 9.82. The number of esters is 1. The molecule has 0 aliphatic rings. The maximum Gasteiger partial charge on any atom is 0.338 e. The normalized spacial score (nSPS) is 11.3. The van der Waals surface area contributed by atoms with Crippen molar-refractivity contribution in [3.05, 3.63) is 41.5 Å². The Balaban J connectivity index is 3.15. The van der Waals surface area contributed by atoms with Crippen LogP contribution in [0.2, 0.25) is 0 Å². The van der Waals surface area contributed by atoms with Crippen LogP contribution < -0.4 is 0 Å². The Labute approximate surface area is 95.7 Å². The monoisotopic (exact) mass is 220 g/mol. The summed E-state index contributed by atoms with van der Waals surface area (Å²) in [5.41, 5.74) is 2.40. The van der Waals surface area contributed by atoms with Crippen molar-refractivity contribution in [1.82, 2.24) is 0 Å². The van der Waals surface area contributed by atoms with E-state index in [0.717, 1.165) is 11.1 Å². The predicted octanol–water partition coefficient (Wildman–Crippen LogP) is 2.41. The number of allylic oxidation sites excluding steroid dienone is 1. The van der Waals surface area contributed by atoms with Crippen LogP contribution in [0.15, 0.2) is 30.3 Å². The van der Waals surface area contributed by atoms with Crippen molar-refractivity contribution < 1.29 is 14.3 Å². The van der Waals surface area contributed by atoms with Crippen LogP contribution in [0.4, 0.5) is 0 Å². The Morgan fingerprint density at radius 1 is 1.31 bits per heavy atom. The molecule has 0 spiro atoms. The maximum atomic E-state index is 11.6. The average molecular weight is 220 g/mol. The number of hydrogen-bond acceptors (Lipinski definition) is 3. The fraction of sp³-hybridized carbons (Fsp3) is 0.308. The van der Waals surface area contributed by atoms with Gasteiger partial charge in [0.2, 0.25) is 0 Å². The van der Waals surface area contributed by atoms with E-state index in [1.807, 2.05) is 31.2 Å². The van der Waals surface area contributed by atoms with Crippen molar-refractivity contribution in [2.24, 2.45) is 0 Å². The second-order valence-corrected chi connectivity index (χ2v) is 3.28. The minimum absolute atomic E-state index is 0.328. The van der Waals surface area contributed by atoms with Crippen LogP contribution >= 0.6 is 0 Å². The molecule has 0 atom stereocenters. The fourth-order valence-corrected chi connectivity index (χ4v) is 1.56. The number of rotatable bonds is 4. The third-order valence-electron chi connectivity index (χ3n) is 2.30. The predicted molar refractivity (Wildman–Crippen MR) is 62.8 cm³/mol. The topological polar surface area (TPSA) is 35.5 Å². The summed E-state index contributed by atoms with van der Waals surface area (Å²) < 4.78 is 9.84. The third kappa shape index (κ3) is 2.70. The van der Waals surface area contributed by atoms with Gasteiger partial charge in [0.1, 0.15) is 0 Å². The highest BCUT2D eigenvalue weighted by atomic mass is 16.5. The molecule has 1 aromatic carbocycles. The zero-order valence-electron chi connectivity index (χ0n) is 9.82. The van der Waals surface area contributed by atoms with Crippen molar-refractivity contribution in [1.29, 1.82) is 0 Å². The molecular weight excluding hydrogens is 204 g/mol. The van der Waals surface area contributed by atoms with E-state index in [4.69, 9.17) is 9.47 Å². The van der Waals surface area contributed by atoms with Crippen molar-refractivity contribution in [3.63, 3.8) is 0 Å². The quantitative estimate of drug-likeness (QED) is 0.577. The summed E-state index contributed by atoms with van der Waals surface area (Å²) in [7, 11) is 3.01. The highest BCUT2D eigenvalue weighted by Crippen LogP contribution is 2.21. The molecule has 0 saturated heterocycles. The Kier molecular flexibility index (Phi) is 4.73. The highest BCUT2D eigenvalue weighted by Gasteiger charge is 2.14. The van der Waals surface area contributed by atoms with E-state index in [1.54, 1.807) is 13.2 Å². The van der Waals surface area contributed by atoms with Gasteiger partial charge in [-0.2, -0.15) is 0 Å². The summed E-state index contributed by atoms with van der Waals surface area (Å²) >= 11 is 0. The molecule has 0 aliphatic heterocycles. The van der Waals surface area contributed by atoms with Crippen LogP contribution in [0.1, 0.15) is 18.1 Å². The molecule has 0 unspecified atom stereocenters.